The maximum Gasteiger partial charge on any atom is 0.285 e. The van der Waals surface area contributed by atoms with Crippen molar-refractivity contribution < 1.29 is 8.42 Å². The molecule has 5 nitrogen and oxygen atoms in total. The lowest BCUT2D eigenvalue weighted by atomic mass is 10.2. The normalized spacial score (nSPS) is 16.3. The molecule has 1 aromatic heterocycles. The van der Waals surface area contributed by atoms with Crippen LogP contribution in [0.25, 0.3) is 0 Å². The van der Waals surface area contributed by atoms with Gasteiger partial charge in [-0.15, -0.1) is 15.7 Å². The van der Waals surface area contributed by atoms with E-state index in [-0.39, 0.29) is 10.7 Å². The van der Waals surface area contributed by atoms with E-state index in [1.165, 1.54) is 6.07 Å². The van der Waals surface area contributed by atoms with E-state index in [1.54, 1.807) is 35.8 Å². The van der Waals surface area contributed by atoms with Gasteiger partial charge >= 0.3 is 0 Å². The van der Waals surface area contributed by atoms with Crippen LogP contribution >= 0.6 is 11.3 Å². The molecule has 2 aromatic rings. The fourth-order valence-corrected chi connectivity index (χ4v) is 3.46. The first-order valence-corrected chi connectivity index (χ1v) is 7.76. The SMILES string of the molecule is O=S1(=O)N=C(NN=Cc2cccs2)c2ccccc21. The lowest BCUT2D eigenvalue weighted by Crippen LogP contribution is -2.17. The molecule has 0 amide bonds. The number of rotatable bonds is 2. The second kappa shape index (κ2) is 4.60. The fraction of sp³-hybridized carbons (Fsp3) is 0. The van der Waals surface area contributed by atoms with Crippen molar-refractivity contribution in [1.29, 1.82) is 0 Å². The van der Waals surface area contributed by atoms with Gasteiger partial charge in [0.05, 0.1) is 6.21 Å². The van der Waals surface area contributed by atoms with Crippen LogP contribution < -0.4 is 5.43 Å². The molecule has 7 heteroatoms. The summed E-state index contributed by atoms with van der Waals surface area (Å²) in [4.78, 5) is 1.19. The summed E-state index contributed by atoms with van der Waals surface area (Å²) >= 11 is 1.54. The zero-order valence-electron chi connectivity index (χ0n) is 9.65. The van der Waals surface area contributed by atoms with Gasteiger partial charge in [-0.2, -0.15) is 13.5 Å². The molecule has 0 aliphatic carbocycles. The Hall–Kier alpha value is -1.99. The summed E-state index contributed by atoms with van der Waals surface area (Å²) in [5, 5.41) is 5.94. The molecule has 0 bridgehead atoms. The summed E-state index contributed by atoms with van der Waals surface area (Å²) in [6, 6.07) is 10.5. The number of nitrogens with zero attached hydrogens (tertiary/aromatic N) is 2. The fourth-order valence-electron chi connectivity index (χ4n) is 1.71. The number of hydrazone groups is 1. The smallest absolute Gasteiger partial charge is 0.260 e. The van der Waals surface area contributed by atoms with E-state index in [0.717, 1.165) is 4.88 Å². The van der Waals surface area contributed by atoms with Gasteiger partial charge < -0.3 is 0 Å². The molecule has 0 saturated carbocycles. The molecule has 1 aliphatic heterocycles. The number of hydrogen-bond donors (Lipinski definition) is 1. The summed E-state index contributed by atoms with van der Waals surface area (Å²) in [7, 11) is -3.58. The maximum absolute atomic E-state index is 11.8. The van der Waals surface area contributed by atoms with Crippen LogP contribution in [0.4, 0.5) is 0 Å². The van der Waals surface area contributed by atoms with Crippen molar-refractivity contribution >= 4 is 33.4 Å². The monoisotopic (exact) mass is 291 g/mol. The first kappa shape index (κ1) is 12.1. The Morgan fingerprint density at radius 3 is 2.84 bits per heavy atom. The molecular weight excluding hydrogens is 282 g/mol. The highest BCUT2D eigenvalue weighted by atomic mass is 32.2. The maximum atomic E-state index is 11.8. The third-order valence-corrected chi connectivity index (χ3v) is 4.68. The van der Waals surface area contributed by atoms with Crippen LogP contribution in [0, 0.1) is 0 Å². The lowest BCUT2D eigenvalue weighted by molar-refractivity contribution is 0.599. The van der Waals surface area contributed by atoms with Gasteiger partial charge in [-0.3, -0.25) is 5.43 Å². The Labute approximate surface area is 114 Å². The molecule has 0 spiro atoms. The number of fused-ring (bicyclic) bond motifs is 1. The Morgan fingerprint density at radius 2 is 2.05 bits per heavy atom. The molecule has 0 atom stereocenters. The molecule has 0 radical (unpaired) electrons. The minimum absolute atomic E-state index is 0.212. The summed E-state index contributed by atoms with van der Waals surface area (Å²) in [6.07, 6.45) is 1.63. The van der Waals surface area contributed by atoms with Crippen molar-refractivity contribution in [2.24, 2.45) is 9.50 Å². The van der Waals surface area contributed by atoms with E-state index in [9.17, 15) is 8.42 Å². The van der Waals surface area contributed by atoms with E-state index in [1.807, 2.05) is 17.5 Å². The van der Waals surface area contributed by atoms with Crippen LogP contribution in [0.15, 0.2) is 56.2 Å². The van der Waals surface area contributed by atoms with Crippen LogP contribution in [0.1, 0.15) is 10.4 Å². The van der Waals surface area contributed by atoms with Gasteiger partial charge in [-0.1, -0.05) is 18.2 Å². The minimum atomic E-state index is -3.58. The molecule has 1 N–H and O–H groups in total. The zero-order chi connectivity index (χ0) is 13.3. The van der Waals surface area contributed by atoms with E-state index in [0.29, 0.717) is 5.56 Å². The van der Waals surface area contributed by atoms with Gasteiger partial charge in [0, 0.05) is 10.4 Å². The molecule has 0 fully saturated rings. The largest absolute Gasteiger partial charge is 0.285 e. The highest BCUT2D eigenvalue weighted by Gasteiger charge is 2.27. The second-order valence-electron chi connectivity index (χ2n) is 3.80. The molecular formula is C12H9N3O2S2. The molecule has 0 saturated heterocycles. The van der Waals surface area contributed by atoms with Gasteiger partial charge in [0.15, 0.2) is 5.84 Å². The first-order chi connectivity index (χ1) is 9.17. The van der Waals surface area contributed by atoms with E-state index in [2.05, 4.69) is 14.9 Å². The number of hydrogen-bond acceptors (Lipinski definition) is 5. The average Bonchev–Trinajstić information content (AvgIpc) is 2.98. The molecule has 3 rings (SSSR count). The third-order valence-electron chi connectivity index (χ3n) is 2.54. The second-order valence-corrected chi connectivity index (χ2v) is 6.35. The van der Waals surface area contributed by atoms with Crippen LogP contribution in [0.5, 0.6) is 0 Å². The predicted octanol–water partition coefficient (Wildman–Crippen LogP) is 1.82. The molecule has 96 valence electrons. The van der Waals surface area contributed by atoms with Crippen LogP contribution in [-0.4, -0.2) is 20.5 Å². The lowest BCUT2D eigenvalue weighted by Gasteiger charge is -1.99. The summed E-state index contributed by atoms with van der Waals surface area (Å²) in [5.74, 6) is 0.253. The van der Waals surface area contributed by atoms with Crippen molar-refractivity contribution in [2.75, 3.05) is 0 Å². The van der Waals surface area contributed by atoms with Gasteiger partial charge in [-0.25, -0.2) is 0 Å². The first-order valence-electron chi connectivity index (χ1n) is 5.44. The van der Waals surface area contributed by atoms with Crippen molar-refractivity contribution in [3.05, 3.63) is 52.2 Å². The predicted molar refractivity (Wildman–Crippen MR) is 75.2 cm³/mol. The topological polar surface area (TPSA) is 70.9 Å². The Kier molecular flexibility index (Phi) is 2.92. The number of benzene rings is 1. The standard InChI is InChI=1S/C12H9N3O2S2/c16-19(17)11-6-2-1-5-10(11)12(15-19)14-13-8-9-4-3-7-18-9/h1-8H,(H,14,15). The van der Waals surface area contributed by atoms with Crippen molar-refractivity contribution in [3.63, 3.8) is 0 Å². The molecule has 1 aromatic carbocycles. The summed E-state index contributed by atoms with van der Waals surface area (Å²) in [5.41, 5.74) is 3.23. The van der Waals surface area contributed by atoms with Crippen LogP contribution in [0.2, 0.25) is 0 Å². The third kappa shape index (κ3) is 2.29. The van der Waals surface area contributed by atoms with Crippen molar-refractivity contribution in [2.45, 2.75) is 4.90 Å². The van der Waals surface area contributed by atoms with Crippen molar-refractivity contribution in [1.82, 2.24) is 5.43 Å². The number of amidine groups is 1. The molecule has 19 heavy (non-hydrogen) atoms. The molecule has 0 unspecified atom stereocenters. The Morgan fingerprint density at radius 1 is 1.21 bits per heavy atom. The number of thiophene rings is 1. The Bertz CT molecular complexity index is 762. The van der Waals surface area contributed by atoms with Gasteiger partial charge in [0.1, 0.15) is 4.90 Å². The average molecular weight is 291 g/mol. The number of sulfonamides is 1. The summed E-state index contributed by atoms with van der Waals surface area (Å²) < 4.78 is 27.2. The van der Waals surface area contributed by atoms with Crippen LogP contribution in [-0.2, 0) is 10.0 Å². The summed E-state index contributed by atoms with van der Waals surface area (Å²) in [6.45, 7) is 0. The van der Waals surface area contributed by atoms with Crippen molar-refractivity contribution in [3.8, 4) is 0 Å². The van der Waals surface area contributed by atoms with Gasteiger partial charge in [-0.05, 0) is 23.6 Å². The van der Waals surface area contributed by atoms with Crippen LogP contribution in [0.3, 0.4) is 0 Å². The van der Waals surface area contributed by atoms with E-state index < -0.39 is 10.0 Å². The zero-order valence-corrected chi connectivity index (χ0v) is 11.3. The highest BCUT2D eigenvalue weighted by molar-refractivity contribution is 7.90. The quantitative estimate of drug-likeness (QED) is 0.677. The minimum Gasteiger partial charge on any atom is -0.260 e. The number of nitrogens with one attached hydrogen (secondary N) is 1. The van der Waals surface area contributed by atoms with Gasteiger partial charge in [0.25, 0.3) is 10.0 Å². The highest BCUT2D eigenvalue weighted by Crippen LogP contribution is 2.24. The van der Waals surface area contributed by atoms with E-state index in [4.69, 9.17) is 0 Å². The molecule has 1 aliphatic rings. The van der Waals surface area contributed by atoms with Gasteiger partial charge in [0.2, 0.25) is 0 Å². The molecule has 2 heterocycles. The van der Waals surface area contributed by atoms with E-state index >= 15 is 0 Å². The Balaban J connectivity index is 1.87.